The summed E-state index contributed by atoms with van der Waals surface area (Å²) in [7, 11) is 1.58. The molecule has 0 aliphatic carbocycles. The molecule has 1 N–H and O–H groups in total. The molecule has 1 atom stereocenters. The molecule has 0 bridgehead atoms. The first-order valence-electron chi connectivity index (χ1n) is 7.06. The van der Waals surface area contributed by atoms with Crippen molar-refractivity contribution < 1.29 is 14.3 Å². The maximum Gasteiger partial charge on any atom is 0.220 e. The first kappa shape index (κ1) is 16.2. The third-order valence-corrected chi connectivity index (χ3v) is 3.15. The van der Waals surface area contributed by atoms with Crippen molar-refractivity contribution in [2.24, 2.45) is 0 Å². The van der Waals surface area contributed by atoms with Crippen LogP contribution in [-0.2, 0) is 4.79 Å². The van der Waals surface area contributed by atoms with Crippen LogP contribution in [0.1, 0.15) is 49.9 Å². The molecular weight excluding hydrogens is 254 g/mol. The Balaban J connectivity index is 2.51. The molecule has 1 aromatic carbocycles. The number of carbonyl (C=O) groups excluding carboxylic acids is 2. The molecule has 0 aliphatic heterocycles. The van der Waals surface area contributed by atoms with Crippen LogP contribution in [0.15, 0.2) is 24.3 Å². The van der Waals surface area contributed by atoms with Crippen LogP contribution in [0.4, 0.5) is 0 Å². The Labute approximate surface area is 120 Å². The van der Waals surface area contributed by atoms with Crippen molar-refractivity contribution in [3.05, 3.63) is 29.8 Å². The summed E-state index contributed by atoms with van der Waals surface area (Å²) in [5, 5.41) is 2.75. The first-order valence-corrected chi connectivity index (χ1v) is 7.06. The number of ether oxygens (including phenoxy) is 1. The number of Topliss-reactive ketones (excluding diaryl/α,β-unsaturated/α-hetero) is 1. The minimum Gasteiger partial charge on any atom is -0.497 e. The van der Waals surface area contributed by atoms with Crippen LogP contribution in [-0.4, -0.2) is 24.8 Å². The quantitative estimate of drug-likeness (QED) is 0.587. The summed E-state index contributed by atoms with van der Waals surface area (Å²) in [6, 6.07) is 6.39. The van der Waals surface area contributed by atoms with E-state index in [9.17, 15) is 9.59 Å². The fraction of sp³-hybridized carbons (Fsp3) is 0.500. The molecule has 4 heteroatoms. The number of rotatable bonds is 8. The van der Waals surface area contributed by atoms with E-state index < -0.39 is 6.04 Å². The largest absolute Gasteiger partial charge is 0.497 e. The van der Waals surface area contributed by atoms with Gasteiger partial charge in [0.15, 0.2) is 5.78 Å². The van der Waals surface area contributed by atoms with Crippen LogP contribution in [0.3, 0.4) is 0 Å². The molecule has 0 heterocycles. The highest BCUT2D eigenvalue weighted by molar-refractivity contribution is 6.01. The predicted molar refractivity (Wildman–Crippen MR) is 79.1 cm³/mol. The van der Waals surface area contributed by atoms with Gasteiger partial charge in [0.2, 0.25) is 5.91 Å². The molecule has 20 heavy (non-hydrogen) atoms. The zero-order valence-corrected chi connectivity index (χ0v) is 12.4. The van der Waals surface area contributed by atoms with Crippen molar-refractivity contribution in [1.82, 2.24) is 5.32 Å². The van der Waals surface area contributed by atoms with Gasteiger partial charge in [-0.05, 0) is 37.6 Å². The van der Waals surface area contributed by atoms with Crippen molar-refractivity contribution in [2.45, 2.75) is 45.6 Å². The summed E-state index contributed by atoms with van der Waals surface area (Å²) in [4.78, 5) is 23.8. The van der Waals surface area contributed by atoms with Gasteiger partial charge in [0.1, 0.15) is 5.75 Å². The van der Waals surface area contributed by atoms with Crippen LogP contribution in [0.5, 0.6) is 5.75 Å². The van der Waals surface area contributed by atoms with Gasteiger partial charge in [0.05, 0.1) is 13.2 Å². The molecule has 0 saturated heterocycles. The Kier molecular flexibility index (Phi) is 6.77. The van der Waals surface area contributed by atoms with Crippen molar-refractivity contribution in [1.29, 1.82) is 0 Å². The third kappa shape index (κ3) is 5.03. The summed E-state index contributed by atoms with van der Waals surface area (Å²) in [5.41, 5.74) is 0.576. The van der Waals surface area contributed by atoms with Crippen molar-refractivity contribution in [3.8, 4) is 5.75 Å². The van der Waals surface area contributed by atoms with Crippen molar-refractivity contribution in [3.63, 3.8) is 0 Å². The van der Waals surface area contributed by atoms with E-state index in [0.717, 1.165) is 19.3 Å². The topological polar surface area (TPSA) is 55.4 Å². The molecule has 0 aliphatic rings. The molecule has 1 rings (SSSR count). The molecule has 110 valence electrons. The van der Waals surface area contributed by atoms with Gasteiger partial charge in [-0.25, -0.2) is 0 Å². The SMILES string of the molecule is CCCCCC(=O)NC(C)C(=O)c1ccc(OC)cc1. The van der Waals surface area contributed by atoms with E-state index in [1.165, 1.54) is 0 Å². The lowest BCUT2D eigenvalue weighted by molar-refractivity contribution is -0.121. The molecule has 1 aromatic rings. The highest BCUT2D eigenvalue weighted by Crippen LogP contribution is 2.13. The Morgan fingerprint density at radius 2 is 1.85 bits per heavy atom. The normalized spacial score (nSPS) is 11.8. The highest BCUT2D eigenvalue weighted by Gasteiger charge is 2.17. The van der Waals surface area contributed by atoms with Gasteiger partial charge in [0.25, 0.3) is 0 Å². The summed E-state index contributed by atoms with van der Waals surface area (Å²) in [5.74, 6) is 0.558. The second-order valence-corrected chi connectivity index (χ2v) is 4.84. The van der Waals surface area contributed by atoms with E-state index >= 15 is 0 Å². The van der Waals surface area contributed by atoms with E-state index in [1.807, 2.05) is 0 Å². The van der Waals surface area contributed by atoms with Gasteiger partial charge in [-0.1, -0.05) is 19.8 Å². The van der Waals surface area contributed by atoms with Crippen molar-refractivity contribution >= 4 is 11.7 Å². The second-order valence-electron chi connectivity index (χ2n) is 4.84. The molecular formula is C16H23NO3. The smallest absolute Gasteiger partial charge is 0.220 e. The van der Waals surface area contributed by atoms with Gasteiger partial charge in [-0.3, -0.25) is 9.59 Å². The number of amides is 1. The van der Waals surface area contributed by atoms with E-state index in [0.29, 0.717) is 17.7 Å². The third-order valence-electron chi connectivity index (χ3n) is 3.15. The van der Waals surface area contributed by atoms with Crippen LogP contribution >= 0.6 is 0 Å². The average molecular weight is 277 g/mol. The Bertz CT molecular complexity index is 440. The lowest BCUT2D eigenvalue weighted by Gasteiger charge is -2.13. The van der Waals surface area contributed by atoms with Crippen LogP contribution in [0.2, 0.25) is 0 Å². The molecule has 0 radical (unpaired) electrons. The predicted octanol–water partition coefficient (Wildman–Crippen LogP) is 2.96. The number of benzene rings is 1. The van der Waals surface area contributed by atoms with E-state index in [-0.39, 0.29) is 11.7 Å². The number of methoxy groups -OCH3 is 1. The fourth-order valence-corrected chi connectivity index (χ4v) is 1.92. The number of hydrogen-bond donors (Lipinski definition) is 1. The fourth-order valence-electron chi connectivity index (χ4n) is 1.92. The Morgan fingerprint density at radius 3 is 2.40 bits per heavy atom. The van der Waals surface area contributed by atoms with Gasteiger partial charge in [-0.15, -0.1) is 0 Å². The lowest BCUT2D eigenvalue weighted by Crippen LogP contribution is -2.38. The minimum absolute atomic E-state index is 0.0622. The van der Waals surface area contributed by atoms with Gasteiger partial charge < -0.3 is 10.1 Å². The molecule has 1 unspecified atom stereocenters. The van der Waals surface area contributed by atoms with E-state index in [4.69, 9.17) is 4.74 Å². The molecule has 0 saturated carbocycles. The zero-order chi connectivity index (χ0) is 15.0. The summed E-state index contributed by atoms with van der Waals surface area (Å²) in [6.07, 6.45) is 3.46. The van der Waals surface area contributed by atoms with Gasteiger partial charge in [0, 0.05) is 12.0 Å². The Hall–Kier alpha value is -1.84. The first-order chi connectivity index (χ1) is 9.58. The molecule has 0 fully saturated rings. The summed E-state index contributed by atoms with van der Waals surface area (Å²) < 4.78 is 5.05. The highest BCUT2D eigenvalue weighted by atomic mass is 16.5. The number of carbonyl (C=O) groups is 2. The van der Waals surface area contributed by atoms with Gasteiger partial charge in [-0.2, -0.15) is 0 Å². The van der Waals surface area contributed by atoms with Crippen molar-refractivity contribution in [2.75, 3.05) is 7.11 Å². The second kappa shape index (κ2) is 8.35. The Morgan fingerprint density at radius 1 is 1.20 bits per heavy atom. The molecule has 0 spiro atoms. The minimum atomic E-state index is -0.502. The summed E-state index contributed by atoms with van der Waals surface area (Å²) in [6.45, 7) is 3.80. The zero-order valence-electron chi connectivity index (χ0n) is 12.4. The van der Waals surface area contributed by atoms with E-state index in [1.54, 1.807) is 38.3 Å². The molecule has 1 amide bonds. The van der Waals surface area contributed by atoms with Gasteiger partial charge >= 0.3 is 0 Å². The number of unbranched alkanes of at least 4 members (excludes halogenated alkanes) is 2. The average Bonchev–Trinajstić information content (AvgIpc) is 2.46. The molecule has 0 aromatic heterocycles. The maximum absolute atomic E-state index is 12.2. The van der Waals surface area contributed by atoms with Crippen LogP contribution < -0.4 is 10.1 Å². The standard InChI is InChI=1S/C16H23NO3/c1-4-5-6-7-15(18)17-12(2)16(19)13-8-10-14(20-3)11-9-13/h8-12H,4-7H2,1-3H3,(H,17,18). The number of nitrogens with one attached hydrogen (secondary N) is 1. The van der Waals surface area contributed by atoms with Crippen LogP contribution in [0.25, 0.3) is 0 Å². The maximum atomic E-state index is 12.2. The number of hydrogen-bond acceptors (Lipinski definition) is 3. The monoisotopic (exact) mass is 277 g/mol. The summed E-state index contributed by atoms with van der Waals surface area (Å²) >= 11 is 0. The molecule has 4 nitrogen and oxygen atoms in total. The van der Waals surface area contributed by atoms with E-state index in [2.05, 4.69) is 12.2 Å². The number of ketones is 1. The van der Waals surface area contributed by atoms with Crippen LogP contribution in [0, 0.1) is 0 Å². The lowest BCUT2D eigenvalue weighted by atomic mass is 10.0.